The van der Waals surface area contributed by atoms with Gasteiger partial charge in [0.05, 0.1) is 5.69 Å². The predicted octanol–water partition coefficient (Wildman–Crippen LogP) is 1.30. The summed E-state index contributed by atoms with van der Waals surface area (Å²) in [4.78, 5) is 26.5. The zero-order valence-corrected chi connectivity index (χ0v) is 13.2. The van der Waals surface area contributed by atoms with E-state index < -0.39 is 0 Å². The fraction of sp³-hybridized carbons (Fsp3) is 0.500. The third-order valence-electron chi connectivity index (χ3n) is 4.08. The van der Waals surface area contributed by atoms with Gasteiger partial charge in [-0.05, 0) is 20.0 Å². The van der Waals surface area contributed by atoms with Crippen LogP contribution in [0.4, 0.5) is 5.69 Å². The first-order valence-corrected chi connectivity index (χ1v) is 7.75. The molecule has 0 aliphatic carbocycles. The number of likely N-dealkylation sites (N-methyl/N-ethyl adjacent to an activating group) is 1. The van der Waals surface area contributed by atoms with Crippen LogP contribution < -0.4 is 5.73 Å². The van der Waals surface area contributed by atoms with Gasteiger partial charge in [0.25, 0.3) is 5.91 Å². The highest BCUT2D eigenvalue weighted by molar-refractivity contribution is 7.21. The van der Waals surface area contributed by atoms with Gasteiger partial charge in [0.15, 0.2) is 0 Å². The molecule has 1 amide bonds. The molecule has 2 unspecified atom stereocenters. The molecule has 0 radical (unpaired) electrons. The van der Waals surface area contributed by atoms with E-state index in [-0.39, 0.29) is 5.91 Å². The largest absolute Gasteiger partial charge is 0.396 e. The monoisotopic (exact) mass is 305 g/mol. The van der Waals surface area contributed by atoms with E-state index in [9.17, 15) is 4.79 Å². The van der Waals surface area contributed by atoms with Crippen molar-refractivity contribution < 1.29 is 4.79 Å². The molecule has 6 nitrogen and oxygen atoms in total. The Labute approximate surface area is 127 Å². The molecule has 3 rings (SSSR count). The van der Waals surface area contributed by atoms with E-state index in [0.717, 1.165) is 17.9 Å². The number of fused-ring (bicyclic) bond motifs is 1. The Morgan fingerprint density at radius 2 is 2.10 bits per heavy atom. The molecule has 1 aliphatic heterocycles. The van der Waals surface area contributed by atoms with E-state index in [4.69, 9.17) is 5.73 Å². The average molecular weight is 305 g/mol. The Hall–Kier alpha value is -1.73. The lowest BCUT2D eigenvalue weighted by molar-refractivity contribution is 0.0787. The van der Waals surface area contributed by atoms with Crippen LogP contribution in [0.2, 0.25) is 0 Å². The number of anilines is 1. The summed E-state index contributed by atoms with van der Waals surface area (Å²) in [5.41, 5.74) is 7.17. The quantitative estimate of drug-likeness (QED) is 0.905. The summed E-state index contributed by atoms with van der Waals surface area (Å²) in [6.07, 6.45) is 3.21. The number of hydrogen-bond donors (Lipinski definition) is 1. The number of likely N-dealkylation sites (tertiary alicyclic amines) is 1. The van der Waals surface area contributed by atoms with E-state index >= 15 is 0 Å². The number of hydrogen-bond acceptors (Lipinski definition) is 6. The second-order valence-corrected chi connectivity index (χ2v) is 6.77. The van der Waals surface area contributed by atoms with E-state index in [2.05, 4.69) is 35.9 Å². The fourth-order valence-electron chi connectivity index (χ4n) is 2.93. The Bertz CT molecular complexity index is 683. The molecule has 112 valence electrons. The van der Waals surface area contributed by atoms with Crippen LogP contribution in [0, 0.1) is 5.92 Å². The van der Waals surface area contributed by atoms with Gasteiger partial charge >= 0.3 is 0 Å². The van der Waals surface area contributed by atoms with Crippen molar-refractivity contribution in [3.8, 4) is 0 Å². The highest BCUT2D eigenvalue weighted by Crippen LogP contribution is 2.33. The van der Waals surface area contributed by atoms with Crippen LogP contribution >= 0.6 is 11.3 Å². The molecule has 2 atom stereocenters. The molecular formula is C14H19N5OS. The molecule has 0 spiro atoms. The van der Waals surface area contributed by atoms with Crippen LogP contribution in [0.25, 0.3) is 10.3 Å². The van der Waals surface area contributed by atoms with Gasteiger partial charge in [-0.25, -0.2) is 9.97 Å². The Balaban J connectivity index is 1.90. The Kier molecular flexibility index (Phi) is 3.54. The van der Waals surface area contributed by atoms with Crippen molar-refractivity contribution in [3.63, 3.8) is 0 Å². The number of thiophene rings is 1. The number of amides is 1. The van der Waals surface area contributed by atoms with E-state index in [1.807, 2.05) is 4.90 Å². The van der Waals surface area contributed by atoms with Crippen molar-refractivity contribution in [2.75, 3.05) is 32.9 Å². The fourth-order valence-corrected chi connectivity index (χ4v) is 3.92. The van der Waals surface area contributed by atoms with Crippen LogP contribution in [0.15, 0.2) is 12.4 Å². The number of rotatable bonds is 2. The molecule has 2 aromatic rings. The summed E-state index contributed by atoms with van der Waals surface area (Å²) >= 11 is 1.33. The maximum Gasteiger partial charge on any atom is 0.266 e. The first-order valence-electron chi connectivity index (χ1n) is 6.93. The van der Waals surface area contributed by atoms with Crippen molar-refractivity contribution in [1.29, 1.82) is 0 Å². The van der Waals surface area contributed by atoms with E-state index in [0.29, 0.717) is 28.0 Å². The number of aromatic nitrogens is 2. The highest BCUT2D eigenvalue weighted by atomic mass is 32.1. The molecule has 1 aliphatic rings. The number of carbonyl (C=O) groups excluding carboxylic acids is 1. The van der Waals surface area contributed by atoms with Gasteiger partial charge in [0.1, 0.15) is 15.2 Å². The van der Waals surface area contributed by atoms with Crippen molar-refractivity contribution in [3.05, 3.63) is 17.3 Å². The second kappa shape index (κ2) is 5.23. The summed E-state index contributed by atoms with van der Waals surface area (Å²) < 4.78 is 0. The van der Waals surface area contributed by atoms with Crippen molar-refractivity contribution in [2.45, 2.75) is 13.0 Å². The molecule has 3 heterocycles. The smallest absolute Gasteiger partial charge is 0.266 e. The molecule has 7 heteroatoms. The molecule has 1 saturated heterocycles. The first kappa shape index (κ1) is 14.2. The van der Waals surface area contributed by atoms with Crippen molar-refractivity contribution >= 4 is 33.3 Å². The number of carbonyl (C=O) groups is 1. The number of nitrogen functional groups attached to an aromatic ring is 1. The van der Waals surface area contributed by atoms with Crippen LogP contribution in [-0.2, 0) is 0 Å². The van der Waals surface area contributed by atoms with Crippen LogP contribution in [-0.4, -0.2) is 58.9 Å². The van der Waals surface area contributed by atoms with Gasteiger partial charge in [0, 0.05) is 31.5 Å². The van der Waals surface area contributed by atoms with E-state index in [1.54, 1.807) is 12.4 Å². The van der Waals surface area contributed by atoms with E-state index in [1.165, 1.54) is 11.3 Å². The molecule has 1 fully saturated rings. The van der Waals surface area contributed by atoms with Gasteiger partial charge in [-0.3, -0.25) is 4.79 Å². The third kappa shape index (κ3) is 2.36. The van der Waals surface area contributed by atoms with Gasteiger partial charge in [0.2, 0.25) is 0 Å². The number of nitrogens with zero attached hydrogens (tertiary/aromatic N) is 4. The maximum atomic E-state index is 12.7. The molecule has 2 N–H and O–H groups in total. The lowest BCUT2D eigenvalue weighted by Gasteiger charge is -2.22. The standard InChI is InChI=1S/C14H19N5OS/c1-8-6-19(7-9(8)18(2)3)14(20)12-10(15)11-13(21-12)17-5-4-16-11/h4-5,8-9H,6-7,15H2,1-3H3. The lowest BCUT2D eigenvalue weighted by Crippen LogP contribution is -2.35. The summed E-state index contributed by atoms with van der Waals surface area (Å²) in [6, 6.07) is 0.390. The van der Waals surface area contributed by atoms with Crippen LogP contribution in [0.1, 0.15) is 16.6 Å². The molecule has 0 saturated carbocycles. The van der Waals surface area contributed by atoms with Gasteiger partial charge in [-0.2, -0.15) is 0 Å². The topological polar surface area (TPSA) is 75.3 Å². The number of nitrogens with two attached hydrogens (primary N) is 1. The molecule has 21 heavy (non-hydrogen) atoms. The van der Waals surface area contributed by atoms with Crippen LogP contribution in [0.3, 0.4) is 0 Å². The zero-order valence-electron chi connectivity index (χ0n) is 12.4. The minimum atomic E-state index is -0.00602. The first-order chi connectivity index (χ1) is 9.99. The summed E-state index contributed by atoms with van der Waals surface area (Å²) in [6.45, 7) is 3.67. The minimum absolute atomic E-state index is 0.00602. The normalized spacial score (nSPS) is 22.4. The predicted molar refractivity (Wildman–Crippen MR) is 84.4 cm³/mol. The van der Waals surface area contributed by atoms with Gasteiger partial charge in [-0.15, -0.1) is 11.3 Å². The summed E-state index contributed by atoms with van der Waals surface area (Å²) in [5.74, 6) is 0.448. The molecule has 0 bridgehead atoms. The maximum absolute atomic E-state index is 12.7. The van der Waals surface area contributed by atoms with Gasteiger partial charge < -0.3 is 15.5 Å². The highest BCUT2D eigenvalue weighted by Gasteiger charge is 2.35. The molecule has 0 aromatic carbocycles. The Morgan fingerprint density at radius 1 is 1.38 bits per heavy atom. The average Bonchev–Trinajstić information content (AvgIpc) is 3.00. The van der Waals surface area contributed by atoms with Crippen molar-refractivity contribution in [1.82, 2.24) is 19.8 Å². The second-order valence-electron chi connectivity index (χ2n) is 5.77. The third-order valence-corrected chi connectivity index (χ3v) is 5.17. The summed E-state index contributed by atoms with van der Waals surface area (Å²) in [7, 11) is 4.10. The van der Waals surface area contributed by atoms with Crippen molar-refractivity contribution in [2.24, 2.45) is 5.92 Å². The molecule has 2 aromatic heterocycles. The zero-order chi connectivity index (χ0) is 15.1. The summed E-state index contributed by atoms with van der Waals surface area (Å²) in [5, 5.41) is 0. The molecular weight excluding hydrogens is 286 g/mol. The van der Waals surface area contributed by atoms with Crippen LogP contribution in [0.5, 0.6) is 0 Å². The lowest BCUT2D eigenvalue weighted by atomic mass is 10.1. The minimum Gasteiger partial charge on any atom is -0.396 e. The SMILES string of the molecule is CC1CN(C(=O)c2sc3nccnc3c2N)CC1N(C)C. The Morgan fingerprint density at radius 3 is 2.71 bits per heavy atom. The van der Waals surface area contributed by atoms with Gasteiger partial charge in [-0.1, -0.05) is 6.92 Å².